The van der Waals surface area contributed by atoms with Crippen molar-refractivity contribution in [3.63, 3.8) is 0 Å². The van der Waals surface area contributed by atoms with Gasteiger partial charge in [0.1, 0.15) is 17.8 Å². The van der Waals surface area contributed by atoms with Crippen molar-refractivity contribution in [2.75, 3.05) is 0 Å². The van der Waals surface area contributed by atoms with E-state index in [2.05, 4.69) is 15.1 Å². The van der Waals surface area contributed by atoms with Crippen LogP contribution >= 0.6 is 0 Å². The fourth-order valence-corrected chi connectivity index (χ4v) is 2.45. The van der Waals surface area contributed by atoms with Gasteiger partial charge in [-0.1, -0.05) is 12.1 Å². The van der Waals surface area contributed by atoms with Gasteiger partial charge in [-0.15, -0.1) is 5.10 Å². The van der Waals surface area contributed by atoms with Gasteiger partial charge < -0.3 is 9.15 Å². The molecular formula is C16H14N4O2. The van der Waals surface area contributed by atoms with Gasteiger partial charge in [-0.2, -0.15) is 9.50 Å². The van der Waals surface area contributed by atoms with Crippen LogP contribution in [0.5, 0.6) is 11.8 Å². The van der Waals surface area contributed by atoms with E-state index in [1.54, 1.807) is 10.8 Å². The van der Waals surface area contributed by atoms with E-state index < -0.39 is 0 Å². The summed E-state index contributed by atoms with van der Waals surface area (Å²) in [5.74, 6) is 1.54. The first-order valence-electron chi connectivity index (χ1n) is 6.97. The molecule has 0 N–H and O–H groups in total. The Bertz CT molecular complexity index is 1000. The van der Waals surface area contributed by atoms with Gasteiger partial charge >= 0.3 is 6.01 Å². The molecule has 6 nitrogen and oxygen atoms in total. The summed E-state index contributed by atoms with van der Waals surface area (Å²) >= 11 is 0. The molecule has 0 saturated carbocycles. The normalized spacial score (nSPS) is 11.4. The van der Waals surface area contributed by atoms with Gasteiger partial charge in [0, 0.05) is 5.56 Å². The Labute approximate surface area is 126 Å². The molecule has 0 spiro atoms. The van der Waals surface area contributed by atoms with Crippen LogP contribution in [-0.4, -0.2) is 19.6 Å². The van der Waals surface area contributed by atoms with E-state index in [1.807, 2.05) is 45.0 Å². The third-order valence-electron chi connectivity index (χ3n) is 3.69. The Morgan fingerprint density at radius 2 is 2.05 bits per heavy atom. The molecule has 6 heteroatoms. The predicted molar refractivity (Wildman–Crippen MR) is 81.3 cm³/mol. The van der Waals surface area contributed by atoms with Crippen molar-refractivity contribution in [1.29, 1.82) is 0 Å². The standard InChI is InChI=1S/C16H14N4O2/c1-9-5-4-6-12(7-9)22-16-18-14-13-10(2)11(3)21-15(13)17-8-20(14)19-16/h4-8H,1-3H3. The molecule has 0 aliphatic heterocycles. The molecule has 3 aromatic heterocycles. The molecule has 22 heavy (non-hydrogen) atoms. The zero-order valence-electron chi connectivity index (χ0n) is 12.5. The van der Waals surface area contributed by atoms with Crippen LogP contribution in [0.15, 0.2) is 35.0 Å². The number of ether oxygens (including phenoxy) is 1. The predicted octanol–water partition coefficient (Wildman–Crippen LogP) is 3.59. The zero-order valence-corrected chi connectivity index (χ0v) is 12.5. The average molecular weight is 294 g/mol. The molecule has 4 aromatic rings. The van der Waals surface area contributed by atoms with Crippen LogP contribution in [0.4, 0.5) is 0 Å². The summed E-state index contributed by atoms with van der Waals surface area (Å²) in [5, 5.41) is 5.18. The number of furan rings is 1. The van der Waals surface area contributed by atoms with Gasteiger partial charge in [-0.25, -0.2) is 4.98 Å². The maximum Gasteiger partial charge on any atom is 0.342 e. The minimum absolute atomic E-state index is 0.290. The second-order valence-electron chi connectivity index (χ2n) is 5.29. The van der Waals surface area contributed by atoms with Crippen molar-refractivity contribution < 1.29 is 9.15 Å². The Morgan fingerprint density at radius 1 is 1.18 bits per heavy atom. The lowest BCUT2D eigenvalue weighted by Crippen LogP contribution is -1.90. The second-order valence-corrected chi connectivity index (χ2v) is 5.29. The molecule has 4 rings (SSSR count). The smallest absolute Gasteiger partial charge is 0.342 e. The van der Waals surface area contributed by atoms with E-state index in [1.165, 1.54) is 0 Å². The van der Waals surface area contributed by atoms with Gasteiger partial charge in [-0.05, 0) is 38.5 Å². The van der Waals surface area contributed by atoms with E-state index in [4.69, 9.17) is 9.15 Å². The Hall–Kier alpha value is -2.89. The summed E-state index contributed by atoms with van der Waals surface area (Å²) in [6.07, 6.45) is 1.58. The van der Waals surface area contributed by atoms with Crippen LogP contribution in [0, 0.1) is 20.8 Å². The lowest BCUT2D eigenvalue weighted by atomic mass is 10.2. The highest BCUT2D eigenvalue weighted by molar-refractivity contribution is 5.91. The van der Waals surface area contributed by atoms with Crippen LogP contribution in [0.3, 0.4) is 0 Å². The largest absolute Gasteiger partial charge is 0.443 e. The zero-order chi connectivity index (χ0) is 15.3. The lowest BCUT2D eigenvalue weighted by molar-refractivity contribution is 0.442. The van der Waals surface area contributed by atoms with Crippen molar-refractivity contribution in [3.05, 3.63) is 47.5 Å². The monoisotopic (exact) mass is 294 g/mol. The van der Waals surface area contributed by atoms with Crippen molar-refractivity contribution in [2.45, 2.75) is 20.8 Å². The number of nitrogens with zero attached hydrogens (tertiary/aromatic N) is 4. The molecule has 0 radical (unpaired) electrons. The molecule has 0 bridgehead atoms. The van der Waals surface area contributed by atoms with Gasteiger partial charge in [0.25, 0.3) is 0 Å². The Morgan fingerprint density at radius 3 is 2.86 bits per heavy atom. The topological polar surface area (TPSA) is 65.5 Å². The van der Waals surface area contributed by atoms with E-state index in [0.29, 0.717) is 17.1 Å². The third kappa shape index (κ3) is 1.92. The fourth-order valence-electron chi connectivity index (χ4n) is 2.45. The number of benzene rings is 1. The number of rotatable bonds is 2. The molecule has 0 atom stereocenters. The summed E-state index contributed by atoms with van der Waals surface area (Å²) in [5.41, 5.74) is 3.38. The second kappa shape index (κ2) is 4.56. The highest BCUT2D eigenvalue weighted by atomic mass is 16.5. The number of hydrogen-bond acceptors (Lipinski definition) is 5. The third-order valence-corrected chi connectivity index (χ3v) is 3.69. The Kier molecular flexibility index (Phi) is 2.66. The summed E-state index contributed by atoms with van der Waals surface area (Å²) in [4.78, 5) is 8.73. The summed E-state index contributed by atoms with van der Waals surface area (Å²) < 4.78 is 13.0. The summed E-state index contributed by atoms with van der Waals surface area (Å²) in [6.45, 7) is 5.90. The average Bonchev–Trinajstić information content (AvgIpc) is 3.00. The molecule has 0 saturated heterocycles. The minimum atomic E-state index is 0.290. The highest BCUT2D eigenvalue weighted by Crippen LogP contribution is 2.27. The van der Waals surface area contributed by atoms with Crippen LogP contribution in [0.2, 0.25) is 0 Å². The van der Waals surface area contributed by atoms with Crippen LogP contribution in [0.1, 0.15) is 16.9 Å². The number of aryl methyl sites for hydroxylation is 3. The molecule has 0 fully saturated rings. The maximum absolute atomic E-state index is 5.74. The van der Waals surface area contributed by atoms with E-state index in [9.17, 15) is 0 Å². The van der Waals surface area contributed by atoms with Gasteiger partial charge in [0.2, 0.25) is 5.71 Å². The lowest BCUT2D eigenvalue weighted by Gasteiger charge is -2.00. The molecular weight excluding hydrogens is 280 g/mol. The van der Waals surface area contributed by atoms with Crippen molar-refractivity contribution in [3.8, 4) is 11.8 Å². The number of fused-ring (bicyclic) bond motifs is 3. The maximum atomic E-state index is 5.74. The minimum Gasteiger partial charge on any atom is -0.443 e. The van der Waals surface area contributed by atoms with Crippen molar-refractivity contribution in [2.24, 2.45) is 0 Å². The number of hydrogen-bond donors (Lipinski definition) is 0. The molecule has 1 aromatic carbocycles. The molecule has 0 amide bonds. The van der Waals surface area contributed by atoms with E-state index in [-0.39, 0.29) is 6.01 Å². The summed E-state index contributed by atoms with van der Waals surface area (Å²) in [7, 11) is 0. The first-order valence-corrected chi connectivity index (χ1v) is 6.97. The van der Waals surface area contributed by atoms with E-state index in [0.717, 1.165) is 22.3 Å². The molecule has 110 valence electrons. The fraction of sp³-hybridized carbons (Fsp3) is 0.188. The van der Waals surface area contributed by atoms with Crippen molar-refractivity contribution in [1.82, 2.24) is 19.6 Å². The molecule has 3 heterocycles. The van der Waals surface area contributed by atoms with Gasteiger partial charge in [0.15, 0.2) is 5.65 Å². The molecule has 0 aliphatic carbocycles. The van der Waals surface area contributed by atoms with Crippen molar-refractivity contribution >= 4 is 16.7 Å². The van der Waals surface area contributed by atoms with Crippen LogP contribution in [0.25, 0.3) is 16.7 Å². The Balaban J connectivity index is 1.85. The van der Waals surface area contributed by atoms with Gasteiger partial charge in [0.05, 0.1) is 5.39 Å². The van der Waals surface area contributed by atoms with Gasteiger partial charge in [-0.3, -0.25) is 0 Å². The number of aromatic nitrogens is 4. The van der Waals surface area contributed by atoms with Crippen LogP contribution in [-0.2, 0) is 0 Å². The first-order chi connectivity index (χ1) is 10.6. The van der Waals surface area contributed by atoms with Crippen LogP contribution < -0.4 is 4.74 Å². The summed E-state index contributed by atoms with van der Waals surface area (Å²) in [6, 6.07) is 8.05. The first kappa shape index (κ1) is 12.8. The molecule has 0 aliphatic rings. The van der Waals surface area contributed by atoms with E-state index >= 15 is 0 Å². The molecule has 0 unspecified atom stereocenters. The quantitative estimate of drug-likeness (QED) is 0.565. The highest BCUT2D eigenvalue weighted by Gasteiger charge is 2.16. The SMILES string of the molecule is Cc1cccc(Oc2nc3c4c(C)c(C)oc4ncn3n2)c1.